The van der Waals surface area contributed by atoms with Crippen molar-refractivity contribution in [2.75, 3.05) is 0 Å². The molecule has 0 amide bonds. The van der Waals surface area contributed by atoms with E-state index in [0.29, 0.717) is 0 Å². The van der Waals surface area contributed by atoms with Crippen molar-refractivity contribution < 1.29 is 0 Å². The fraction of sp³-hybridized carbons (Fsp3) is 0.875. The number of hydrogen-bond donors (Lipinski definition) is 0. The topological polar surface area (TPSA) is 0 Å². The number of halogens is 3. The third-order valence-corrected chi connectivity index (χ3v) is 6.94. The Labute approximate surface area is 89.7 Å². The quantitative estimate of drug-likeness (QED) is 0.493. The summed E-state index contributed by atoms with van der Waals surface area (Å²) in [5.74, 6) is 1.49. The van der Waals surface area contributed by atoms with Crippen molar-refractivity contribution in [3.63, 3.8) is 0 Å². The second-order valence-corrected chi connectivity index (χ2v) is 12.5. The molecule has 0 spiro atoms. The zero-order valence-electron chi connectivity index (χ0n) is 7.25. The van der Waals surface area contributed by atoms with Gasteiger partial charge in [-0.2, -0.15) is 0 Å². The molecule has 1 atom stereocenters. The molecule has 0 heterocycles. The van der Waals surface area contributed by atoms with Crippen LogP contribution in [-0.2, 0) is 0 Å². The van der Waals surface area contributed by atoms with Gasteiger partial charge in [0.15, 0.2) is 0 Å². The zero-order valence-corrected chi connectivity index (χ0v) is 10.5. The summed E-state index contributed by atoms with van der Waals surface area (Å²) in [6.45, 7) is 2.07. The highest BCUT2D eigenvalue weighted by molar-refractivity contribution is 7.65. The summed E-state index contributed by atoms with van der Waals surface area (Å²) >= 11 is 17.9. The third kappa shape index (κ3) is 3.10. The predicted molar refractivity (Wildman–Crippen MR) is 59.1 cm³/mol. The lowest BCUT2D eigenvalue weighted by molar-refractivity contribution is 0.513. The van der Waals surface area contributed by atoms with Gasteiger partial charge in [0.1, 0.15) is 0 Å². The van der Waals surface area contributed by atoms with Gasteiger partial charge in [-0.15, -0.1) is 33.2 Å². The Hall–Kier alpha value is 1.09. The summed E-state index contributed by atoms with van der Waals surface area (Å²) in [5, 5.41) is 0. The summed E-state index contributed by atoms with van der Waals surface area (Å²) < 4.78 is 0. The lowest BCUT2D eigenvalue weighted by Gasteiger charge is -2.29. The average molecular weight is 245 g/mol. The Kier molecular flexibility index (Phi) is 4.22. The smallest absolute Gasteiger partial charge is 0.126 e. The number of rotatable bonds is 2. The highest BCUT2D eigenvalue weighted by Gasteiger charge is 2.38. The summed E-state index contributed by atoms with van der Waals surface area (Å²) in [4.78, 5) is 0. The maximum Gasteiger partial charge on any atom is 0.344 e. The normalized spacial score (nSPS) is 24.0. The molecule has 0 N–H and O–H groups in total. The minimum atomic E-state index is -2.47. The van der Waals surface area contributed by atoms with E-state index in [2.05, 4.69) is 6.92 Å². The van der Waals surface area contributed by atoms with E-state index < -0.39 is 6.00 Å². The van der Waals surface area contributed by atoms with Crippen LogP contribution in [0.15, 0.2) is 0 Å². The van der Waals surface area contributed by atoms with E-state index in [9.17, 15) is 0 Å². The molecular formula is C8H14Cl3Si. The van der Waals surface area contributed by atoms with Crippen molar-refractivity contribution in [1.29, 1.82) is 0 Å². The first-order chi connectivity index (χ1) is 5.52. The van der Waals surface area contributed by atoms with E-state index in [4.69, 9.17) is 33.2 Å². The minimum Gasteiger partial charge on any atom is -0.126 e. The molecule has 1 aliphatic carbocycles. The van der Waals surface area contributed by atoms with Crippen LogP contribution in [0.2, 0.25) is 5.54 Å². The van der Waals surface area contributed by atoms with Gasteiger partial charge in [0.05, 0.1) is 0 Å². The highest BCUT2D eigenvalue weighted by atomic mass is 35.8. The lowest BCUT2D eigenvalue weighted by Crippen LogP contribution is -2.24. The Morgan fingerprint density at radius 3 is 2.00 bits per heavy atom. The van der Waals surface area contributed by atoms with Crippen molar-refractivity contribution in [1.82, 2.24) is 0 Å². The second kappa shape index (κ2) is 4.54. The standard InChI is InChI=1S/C8H14Cl3Si/c1-7(12(9,10)11)8-5-3-2-4-6-8/h7H,2-6H2,1H3. The van der Waals surface area contributed by atoms with Gasteiger partial charge in [-0.05, 0) is 24.3 Å². The monoisotopic (exact) mass is 243 g/mol. The third-order valence-electron chi connectivity index (χ3n) is 2.60. The van der Waals surface area contributed by atoms with Gasteiger partial charge in [0, 0.05) is 0 Å². The van der Waals surface area contributed by atoms with Crippen LogP contribution in [0.25, 0.3) is 0 Å². The van der Waals surface area contributed by atoms with Gasteiger partial charge in [-0.25, -0.2) is 0 Å². The van der Waals surface area contributed by atoms with E-state index in [-0.39, 0.29) is 5.54 Å². The molecule has 1 unspecified atom stereocenters. The van der Waals surface area contributed by atoms with Gasteiger partial charge >= 0.3 is 6.00 Å². The Bertz CT molecular complexity index is 138. The highest BCUT2D eigenvalue weighted by Crippen LogP contribution is 2.45. The maximum absolute atomic E-state index is 5.97. The fourth-order valence-electron chi connectivity index (χ4n) is 1.67. The summed E-state index contributed by atoms with van der Waals surface area (Å²) in [5.41, 5.74) is 0.253. The molecule has 0 saturated heterocycles. The molecule has 0 aliphatic heterocycles. The molecule has 1 saturated carbocycles. The molecule has 4 heteroatoms. The lowest BCUT2D eigenvalue weighted by atomic mass is 9.87. The van der Waals surface area contributed by atoms with Crippen molar-refractivity contribution in [3.05, 3.63) is 5.92 Å². The molecule has 0 nitrogen and oxygen atoms in total. The van der Waals surface area contributed by atoms with Crippen LogP contribution in [0, 0.1) is 5.92 Å². The second-order valence-electron chi connectivity index (χ2n) is 3.48. The van der Waals surface area contributed by atoms with Crippen LogP contribution in [-0.4, -0.2) is 6.00 Å². The van der Waals surface area contributed by atoms with Crippen LogP contribution in [0.1, 0.15) is 39.0 Å². The van der Waals surface area contributed by atoms with Crippen LogP contribution < -0.4 is 0 Å². The van der Waals surface area contributed by atoms with Gasteiger partial charge in [0.2, 0.25) is 0 Å². The largest absolute Gasteiger partial charge is 0.344 e. The first kappa shape index (κ1) is 11.2. The van der Waals surface area contributed by atoms with E-state index in [1.807, 2.05) is 0 Å². The molecule has 1 fully saturated rings. The first-order valence-corrected chi connectivity index (χ1v) is 9.54. The van der Waals surface area contributed by atoms with Gasteiger partial charge in [-0.3, -0.25) is 0 Å². The summed E-state index contributed by atoms with van der Waals surface area (Å²) in [6, 6.07) is -2.47. The van der Waals surface area contributed by atoms with E-state index >= 15 is 0 Å². The van der Waals surface area contributed by atoms with Gasteiger partial charge in [0.25, 0.3) is 0 Å². The summed E-state index contributed by atoms with van der Waals surface area (Å²) in [6.07, 6.45) is 6.28. The molecule has 0 aromatic heterocycles. The predicted octanol–water partition coefficient (Wildman–Crippen LogP) is 4.57. The van der Waals surface area contributed by atoms with Crippen LogP contribution >= 0.6 is 33.2 Å². The molecule has 1 aliphatic rings. The van der Waals surface area contributed by atoms with Crippen LogP contribution in [0.4, 0.5) is 0 Å². The number of hydrogen-bond acceptors (Lipinski definition) is 0. The van der Waals surface area contributed by atoms with E-state index in [1.165, 1.54) is 38.0 Å². The molecule has 0 bridgehead atoms. The van der Waals surface area contributed by atoms with E-state index in [1.54, 1.807) is 0 Å². The fourth-order valence-corrected chi connectivity index (χ4v) is 3.81. The molecule has 0 aromatic rings. The van der Waals surface area contributed by atoms with Crippen LogP contribution in [0.3, 0.4) is 0 Å². The van der Waals surface area contributed by atoms with Gasteiger partial charge < -0.3 is 0 Å². The Morgan fingerprint density at radius 2 is 1.58 bits per heavy atom. The molecule has 0 aromatic carbocycles. The van der Waals surface area contributed by atoms with Crippen molar-refractivity contribution in [2.45, 2.75) is 44.6 Å². The average Bonchev–Trinajstić information content (AvgIpc) is 2.03. The first-order valence-electron chi connectivity index (χ1n) is 4.43. The Morgan fingerprint density at radius 1 is 1.08 bits per heavy atom. The Balaban J connectivity index is 2.45. The molecular weight excluding hydrogens is 231 g/mol. The van der Waals surface area contributed by atoms with Gasteiger partial charge in [-0.1, -0.05) is 26.2 Å². The molecule has 71 valence electrons. The minimum absolute atomic E-state index is 0.253. The molecule has 12 heavy (non-hydrogen) atoms. The molecule has 1 radical (unpaired) electrons. The van der Waals surface area contributed by atoms with Crippen molar-refractivity contribution in [3.8, 4) is 0 Å². The zero-order chi connectivity index (χ0) is 9.19. The van der Waals surface area contributed by atoms with Crippen molar-refractivity contribution in [2.24, 2.45) is 0 Å². The molecule has 1 rings (SSSR count). The van der Waals surface area contributed by atoms with E-state index in [0.717, 1.165) is 0 Å². The van der Waals surface area contributed by atoms with Crippen molar-refractivity contribution >= 4 is 39.2 Å². The summed E-state index contributed by atoms with van der Waals surface area (Å²) in [7, 11) is 0. The van der Waals surface area contributed by atoms with Crippen LogP contribution in [0.5, 0.6) is 0 Å². The maximum atomic E-state index is 5.97. The SMILES string of the molecule is CC([C]1CCCCC1)[Si](Cl)(Cl)Cl.